The van der Waals surface area contributed by atoms with E-state index in [1.165, 1.54) is 22.5 Å². The number of carbonyl (C=O) groups is 1. The third-order valence-corrected chi connectivity index (χ3v) is 7.99. The molecule has 0 saturated carbocycles. The van der Waals surface area contributed by atoms with Crippen molar-refractivity contribution in [3.05, 3.63) is 84.1 Å². The van der Waals surface area contributed by atoms with Gasteiger partial charge in [-0.15, -0.1) is 0 Å². The van der Waals surface area contributed by atoms with Gasteiger partial charge in [-0.1, -0.05) is 42.5 Å². The summed E-state index contributed by atoms with van der Waals surface area (Å²) in [6, 6.07) is 17.0. The van der Waals surface area contributed by atoms with Crippen LogP contribution in [-0.4, -0.2) is 36.2 Å². The van der Waals surface area contributed by atoms with Crippen molar-refractivity contribution in [2.24, 2.45) is 0 Å². The van der Waals surface area contributed by atoms with Crippen LogP contribution < -0.4 is 5.32 Å². The summed E-state index contributed by atoms with van der Waals surface area (Å²) in [5.74, 6) is -0.396. The van der Waals surface area contributed by atoms with Crippen molar-refractivity contribution >= 4 is 26.9 Å². The molecule has 1 atom stereocenters. The zero-order valence-electron chi connectivity index (χ0n) is 19.1. The highest BCUT2D eigenvalue weighted by Gasteiger charge is 2.41. The fraction of sp³-hybridized carbons (Fsp3) is 0.231. The molecule has 1 fully saturated rings. The fourth-order valence-corrected chi connectivity index (χ4v) is 5.95. The van der Waals surface area contributed by atoms with Gasteiger partial charge in [0.15, 0.2) is 0 Å². The molecule has 1 saturated heterocycles. The lowest BCUT2D eigenvalue weighted by Gasteiger charge is -2.22. The zero-order valence-corrected chi connectivity index (χ0v) is 19.9. The van der Waals surface area contributed by atoms with Crippen LogP contribution in [0.25, 0.3) is 22.2 Å². The fourth-order valence-electron chi connectivity index (χ4n) is 4.34. The topological polar surface area (TPSA) is 92.5 Å². The molecule has 4 aromatic rings. The molecule has 0 unspecified atom stereocenters. The monoisotopic (exact) mass is 511 g/mol. The molecule has 0 bridgehead atoms. The van der Waals surface area contributed by atoms with Crippen LogP contribution in [0.3, 0.4) is 0 Å². The number of nitrogens with one attached hydrogen (secondary N) is 1. The SMILES string of the molecule is O=C(NCc1ccnc(-c2ccc(C(F)F)cc2)c1)[C@@H]1CCCN1S(=O)(=O)c1cc2ccccc2o1. The molecule has 2 aromatic carbocycles. The summed E-state index contributed by atoms with van der Waals surface area (Å²) in [4.78, 5) is 17.3. The predicted octanol–water partition coefficient (Wildman–Crippen LogP) is 4.90. The summed E-state index contributed by atoms with van der Waals surface area (Å²) in [5.41, 5.74) is 2.40. The van der Waals surface area contributed by atoms with Crippen molar-refractivity contribution in [1.29, 1.82) is 0 Å². The number of fused-ring (bicyclic) bond motifs is 1. The van der Waals surface area contributed by atoms with Gasteiger partial charge in [0.1, 0.15) is 11.6 Å². The normalized spacial score (nSPS) is 16.6. The third-order valence-electron chi connectivity index (χ3n) is 6.22. The average Bonchev–Trinajstić information content (AvgIpc) is 3.56. The number of hydrogen-bond donors (Lipinski definition) is 1. The van der Waals surface area contributed by atoms with E-state index in [0.29, 0.717) is 35.1 Å². The standard InChI is InChI=1S/C26H23F2N3O4S/c27-25(28)19-9-7-18(8-10-19)21-14-17(11-12-29-21)16-30-26(32)22-5-3-13-31(22)36(33,34)24-15-20-4-1-2-6-23(20)35-24/h1-2,4,6-12,14-15,22,25H,3,5,13,16H2,(H,30,32)/t22-/m0/s1. The minimum absolute atomic E-state index is 0.0686. The Morgan fingerprint density at radius 2 is 1.89 bits per heavy atom. The van der Waals surface area contributed by atoms with E-state index >= 15 is 0 Å². The minimum Gasteiger partial charge on any atom is -0.443 e. The summed E-state index contributed by atoms with van der Waals surface area (Å²) in [6.07, 6.45) is 0.0000955. The zero-order chi connectivity index (χ0) is 25.3. The highest BCUT2D eigenvalue weighted by Crippen LogP contribution is 2.30. The second-order valence-corrected chi connectivity index (χ2v) is 10.4. The Balaban J connectivity index is 1.28. The number of rotatable bonds is 7. The minimum atomic E-state index is -3.99. The number of furan rings is 1. The molecule has 1 N–H and O–H groups in total. The Hall–Kier alpha value is -3.63. The number of alkyl halides is 2. The molecule has 3 heterocycles. The Kier molecular flexibility index (Phi) is 6.55. The largest absolute Gasteiger partial charge is 0.443 e. The second kappa shape index (κ2) is 9.79. The van der Waals surface area contributed by atoms with E-state index in [1.807, 2.05) is 0 Å². The van der Waals surface area contributed by atoms with Crippen LogP contribution in [0.2, 0.25) is 0 Å². The second-order valence-electron chi connectivity index (χ2n) is 8.57. The van der Waals surface area contributed by atoms with E-state index < -0.39 is 28.4 Å². The van der Waals surface area contributed by atoms with Crippen LogP contribution in [0.15, 0.2) is 82.4 Å². The highest BCUT2D eigenvalue weighted by molar-refractivity contribution is 7.89. The molecule has 2 aromatic heterocycles. The van der Waals surface area contributed by atoms with Crippen LogP contribution in [0.1, 0.15) is 30.4 Å². The van der Waals surface area contributed by atoms with Gasteiger partial charge in [0.05, 0.1) is 5.69 Å². The smallest absolute Gasteiger partial charge is 0.277 e. The van der Waals surface area contributed by atoms with Crippen molar-refractivity contribution in [1.82, 2.24) is 14.6 Å². The van der Waals surface area contributed by atoms with Crippen LogP contribution >= 0.6 is 0 Å². The van der Waals surface area contributed by atoms with Gasteiger partial charge in [-0.2, -0.15) is 4.31 Å². The molecule has 1 amide bonds. The number of pyridine rings is 1. The molecule has 36 heavy (non-hydrogen) atoms. The molecule has 10 heteroatoms. The number of amides is 1. The van der Waals surface area contributed by atoms with Gasteiger partial charge < -0.3 is 9.73 Å². The van der Waals surface area contributed by atoms with E-state index in [4.69, 9.17) is 4.42 Å². The number of carbonyl (C=O) groups excluding carboxylic acids is 1. The third kappa shape index (κ3) is 4.74. The lowest BCUT2D eigenvalue weighted by Crippen LogP contribution is -2.45. The van der Waals surface area contributed by atoms with Crippen molar-refractivity contribution in [3.8, 4) is 11.3 Å². The van der Waals surface area contributed by atoms with E-state index in [-0.39, 0.29) is 23.7 Å². The maximum Gasteiger partial charge on any atom is 0.277 e. The number of hydrogen-bond acceptors (Lipinski definition) is 5. The summed E-state index contributed by atoms with van der Waals surface area (Å²) < 4.78 is 58.9. The van der Waals surface area contributed by atoms with E-state index in [1.54, 1.807) is 54.7 Å². The number of sulfonamides is 1. The first-order valence-electron chi connectivity index (χ1n) is 11.4. The molecule has 5 rings (SSSR count). The summed E-state index contributed by atoms with van der Waals surface area (Å²) in [7, 11) is -3.99. The molecular weight excluding hydrogens is 488 g/mol. The van der Waals surface area contributed by atoms with Crippen LogP contribution in [0.5, 0.6) is 0 Å². The first-order valence-corrected chi connectivity index (χ1v) is 12.9. The molecule has 186 valence electrons. The summed E-state index contributed by atoms with van der Waals surface area (Å²) in [6.45, 7) is 0.393. The Bertz CT molecular complexity index is 1470. The van der Waals surface area contributed by atoms with Crippen molar-refractivity contribution in [2.45, 2.75) is 36.9 Å². The van der Waals surface area contributed by atoms with Gasteiger partial charge in [0.25, 0.3) is 16.4 Å². The lowest BCUT2D eigenvalue weighted by molar-refractivity contribution is -0.124. The highest BCUT2D eigenvalue weighted by atomic mass is 32.2. The van der Waals surface area contributed by atoms with E-state index in [0.717, 1.165) is 5.56 Å². The maximum atomic E-state index is 13.3. The maximum absolute atomic E-state index is 13.3. The van der Waals surface area contributed by atoms with Gasteiger partial charge in [-0.3, -0.25) is 9.78 Å². The van der Waals surface area contributed by atoms with Gasteiger partial charge in [-0.25, -0.2) is 17.2 Å². The molecule has 1 aliphatic rings. The molecule has 1 aliphatic heterocycles. The first-order chi connectivity index (χ1) is 17.3. The number of benzene rings is 2. The molecule has 0 radical (unpaired) electrons. The summed E-state index contributed by atoms with van der Waals surface area (Å²) in [5, 5.41) is 3.32. The Labute approximate surface area is 206 Å². The molecule has 7 nitrogen and oxygen atoms in total. The van der Waals surface area contributed by atoms with Gasteiger partial charge in [-0.05, 0) is 36.6 Å². The van der Waals surface area contributed by atoms with Crippen molar-refractivity contribution in [2.75, 3.05) is 6.54 Å². The quantitative estimate of drug-likeness (QED) is 0.381. The molecule has 0 aliphatic carbocycles. The molecule has 0 spiro atoms. The average molecular weight is 512 g/mol. The number of nitrogens with zero attached hydrogens (tertiary/aromatic N) is 2. The number of para-hydroxylation sites is 1. The van der Waals surface area contributed by atoms with Crippen molar-refractivity contribution in [3.63, 3.8) is 0 Å². The Morgan fingerprint density at radius 3 is 2.64 bits per heavy atom. The van der Waals surface area contributed by atoms with E-state index in [2.05, 4.69) is 10.3 Å². The summed E-state index contributed by atoms with van der Waals surface area (Å²) >= 11 is 0. The first kappa shape index (κ1) is 24.1. The van der Waals surface area contributed by atoms with Gasteiger partial charge >= 0.3 is 0 Å². The number of aromatic nitrogens is 1. The van der Waals surface area contributed by atoms with Gasteiger partial charge in [0, 0.05) is 41.9 Å². The Morgan fingerprint density at radius 1 is 1.11 bits per heavy atom. The predicted molar refractivity (Wildman–Crippen MR) is 130 cm³/mol. The number of halogens is 2. The lowest BCUT2D eigenvalue weighted by atomic mass is 10.1. The van der Waals surface area contributed by atoms with Crippen LogP contribution in [-0.2, 0) is 21.4 Å². The van der Waals surface area contributed by atoms with E-state index in [9.17, 15) is 22.0 Å². The van der Waals surface area contributed by atoms with Gasteiger partial charge in [0.2, 0.25) is 11.0 Å². The van der Waals surface area contributed by atoms with Crippen molar-refractivity contribution < 1.29 is 26.4 Å². The van der Waals surface area contributed by atoms with Crippen LogP contribution in [0, 0.1) is 0 Å². The molecular formula is C26H23F2N3O4S. The van der Waals surface area contributed by atoms with Crippen LogP contribution in [0.4, 0.5) is 8.78 Å².